The lowest BCUT2D eigenvalue weighted by Gasteiger charge is -2.03. The summed E-state index contributed by atoms with van der Waals surface area (Å²) in [6.07, 6.45) is 3.72. The van der Waals surface area contributed by atoms with Crippen LogP contribution in [-0.4, -0.2) is 27.4 Å². The van der Waals surface area contributed by atoms with Crippen LogP contribution in [0.15, 0.2) is 0 Å². The summed E-state index contributed by atoms with van der Waals surface area (Å²) in [5.41, 5.74) is 0. The van der Waals surface area contributed by atoms with Crippen LogP contribution in [0.3, 0.4) is 0 Å². The van der Waals surface area contributed by atoms with E-state index in [9.17, 15) is 12.8 Å². The third-order valence-corrected chi connectivity index (χ3v) is 3.15. The number of hydrogen-bond donors (Lipinski definition) is 1. The minimum atomic E-state index is -3.21. The van der Waals surface area contributed by atoms with E-state index in [2.05, 4.69) is 11.6 Å². The predicted molar refractivity (Wildman–Crippen MR) is 51.9 cm³/mol. The Labute approximate surface area is 79.8 Å². The Bertz CT molecular complexity index is 204. The molecule has 0 aromatic heterocycles. The summed E-state index contributed by atoms with van der Waals surface area (Å²) in [4.78, 5) is 0. The third-order valence-electron chi connectivity index (χ3n) is 1.68. The summed E-state index contributed by atoms with van der Waals surface area (Å²) in [7, 11) is -3.21. The summed E-state index contributed by atoms with van der Waals surface area (Å²) >= 11 is 0. The average Bonchev–Trinajstić information content (AvgIpc) is 2.09. The molecule has 13 heavy (non-hydrogen) atoms. The van der Waals surface area contributed by atoms with Gasteiger partial charge in [-0.3, -0.25) is 0 Å². The third kappa shape index (κ3) is 8.18. The number of hydrogen-bond acceptors (Lipinski definition) is 2. The average molecular weight is 211 g/mol. The SMILES string of the molecule is CCCCCCS(=O)(=O)NCCF. The molecule has 5 heteroatoms. The van der Waals surface area contributed by atoms with Crippen LogP contribution in [-0.2, 0) is 10.0 Å². The fourth-order valence-corrected chi connectivity index (χ4v) is 2.10. The minimum Gasteiger partial charge on any atom is -0.250 e. The predicted octanol–water partition coefficient (Wildman–Crippen LogP) is 1.46. The van der Waals surface area contributed by atoms with Crippen molar-refractivity contribution in [3.63, 3.8) is 0 Å². The molecular formula is C8H18FNO2S. The zero-order valence-electron chi connectivity index (χ0n) is 8.05. The Morgan fingerprint density at radius 2 is 1.92 bits per heavy atom. The molecule has 0 aliphatic carbocycles. The molecule has 0 saturated carbocycles. The molecule has 0 amide bonds. The Morgan fingerprint density at radius 3 is 2.46 bits per heavy atom. The Hall–Kier alpha value is -0.160. The van der Waals surface area contributed by atoms with Gasteiger partial charge < -0.3 is 0 Å². The number of alkyl halides is 1. The lowest BCUT2D eigenvalue weighted by atomic mass is 10.2. The molecule has 0 bridgehead atoms. The van der Waals surface area contributed by atoms with Gasteiger partial charge in [0.25, 0.3) is 0 Å². The monoisotopic (exact) mass is 211 g/mol. The van der Waals surface area contributed by atoms with Crippen molar-refractivity contribution in [3.8, 4) is 0 Å². The molecule has 0 heterocycles. The quantitative estimate of drug-likeness (QED) is 0.618. The number of rotatable bonds is 8. The van der Waals surface area contributed by atoms with E-state index in [1.54, 1.807) is 0 Å². The molecule has 0 rings (SSSR count). The van der Waals surface area contributed by atoms with E-state index in [-0.39, 0.29) is 12.3 Å². The van der Waals surface area contributed by atoms with Crippen LogP contribution in [0.4, 0.5) is 4.39 Å². The maximum absolute atomic E-state index is 11.6. The molecule has 0 atom stereocenters. The van der Waals surface area contributed by atoms with Crippen LogP contribution >= 0.6 is 0 Å². The fourth-order valence-electron chi connectivity index (χ4n) is 0.985. The van der Waals surface area contributed by atoms with Crippen molar-refractivity contribution in [3.05, 3.63) is 0 Å². The lowest BCUT2D eigenvalue weighted by Crippen LogP contribution is -2.28. The van der Waals surface area contributed by atoms with E-state index in [4.69, 9.17) is 0 Å². The van der Waals surface area contributed by atoms with Gasteiger partial charge in [-0.1, -0.05) is 26.2 Å². The van der Waals surface area contributed by atoms with Gasteiger partial charge in [-0.25, -0.2) is 17.5 Å². The van der Waals surface area contributed by atoms with Gasteiger partial charge in [-0.05, 0) is 6.42 Å². The molecular weight excluding hydrogens is 193 g/mol. The molecule has 0 radical (unpaired) electrons. The highest BCUT2D eigenvalue weighted by Gasteiger charge is 2.07. The fraction of sp³-hybridized carbons (Fsp3) is 1.00. The van der Waals surface area contributed by atoms with Gasteiger partial charge in [0.2, 0.25) is 10.0 Å². The second kappa shape index (κ2) is 7.26. The van der Waals surface area contributed by atoms with Crippen LogP contribution in [0.2, 0.25) is 0 Å². The molecule has 0 aliphatic heterocycles. The van der Waals surface area contributed by atoms with Gasteiger partial charge in [0.1, 0.15) is 6.67 Å². The maximum Gasteiger partial charge on any atom is 0.211 e. The van der Waals surface area contributed by atoms with Gasteiger partial charge in [0, 0.05) is 6.54 Å². The van der Waals surface area contributed by atoms with E-state index < -0.39 is 16.7 Å². The number of unbranched alkanes of at least 4 members (excludes halogenated alkanes) is 3. The van der Waals surface area contributed by atoms with Crippen LogP contribution in [0.1, 0.15) is 32.6 Å². The Morgan fingerprint density at radius 1 is 1.23 bits per heavy atom. The maximum atomic E-state index is 11.6. The largest absolute Gasteiger partial charge is 0.250 e. The molecule has 3 nitrogen and oxygen atoms in total. The van der Waals surface area contributed by atoms with E-state index in [1.807, 2.05) is 0 Å². The van der Waals surface area contributed by atoms with E-state index >= 15 is 0 Å². The second-order valence-corrected chi connectivity index (χ2v) is 4.89. The van der Waals surface area contributed by atoms with Crippen LogP contribution < -0.4 is 4.72 Å². The molecule has 80 valence electrons. The number of halogens is 1. The van der Waals surface area contributed by atoms with Crippen molar-refractivity contribution in [2.75, 3.05) is 19.0 Å². The first-order valence-corrected chi connectivity index (χ1v) is 6.31. The number of nitrogens with one attached hydrogen (secondary N) is 1. The first-order chi connectivity index (χ1) is 6.12. The highest BCUT2D eigenvalue weighted by molar-refractivity contribution is 7.89. The van der Waals surface area contributed by atoms with Crippen molar-refractivity contribution in [1.82, 2.24) is 4.72 Å². The zero-order chi connectivity index (χ0) is 10.2. The molecule has 0 fully saturated rings. The Kier molecular flexibility index (Phi) is 7.17. The highest BCUT2D eigenvalue weighted by Crippen LogP contribution is 2.00. The smallest absolute Gasteiger partial charge is 0.211 e. The van der Waals surface area contributed by atoms with Crippen molar-refractivity contribution >= 4 is 10.0 Å². The minimum absolute atomic E-state index is 0.101. The topological polar surface area (TPSA) is 46.2 Å². The molecule has 0 saturated heterocycles. The summed E-state index contributed by atoms with van der Waals surface area (Å²) in [6.45, 7) is 1.32. The van der Waals surface area contributed by atoms with Crippen molar-refractivity contribution in [1.29, 1.82) is 0 Å². The van der Waals surface area contributed by atoms with Crippen molar-refractivity contribution < 1.29 is 12.8 Å². The van der Waals surface area contributed by atoms with Gasteiger partial charge >= 0.3 is 0 Å². The molecule has 0 unspecified atom stereocenters. The summed E-state index contributed by atoms with van der Waals surface area (Å²) in [6, 6.07) is 0. The normalized spacial score (nSPS) is 11.8. The van der Waals surface area contributed by atoms with Gasteiger partial charge in [-0.2, -0.15) is 0 Å². The van der Waals surface area contributed by atoms with Crippen molar-refractivity contribution in [2.24, 2.45) is 0 Å². The molecule has 0 aromatic rings. The lowest BCUT2D eigenvalue weighted by molar-refractivity contribution is 0.486. The van der Waals surface area contributed by atoms with Crippen molar-refractivity contribution in [2.45, 2.75) is 32.6 Å². The highest BCUT2D eigenvalue weighted by atomic mass is 32.2. The molecule has 0 aliphatic rings. The second-order valence-electron chi connectivity index (χ2n) is 2.96. The van der Waals surface area contributed by atoms with Gasteiger partial charge in [-0.15, -0.1) is 0 Å². The summed E-state index contributed by atoms with van der Waals surface area (Å²) in [5.74, 6) is 0.118. The molecule has 0 spiro atoms. The molecule has 0 aromatic carbocycles. The van der Waals surface area contributed by atoms with Gasteiger partial charge in [0.05, 0.1) is 5.75 Å². The van der Waals surface area contributed by atoms with Crippen LogP contribution in [0.5, 0.6) is 0 Å². The van der Waals surface area contributed by atoms with E-state index in [0.29, 0.717) is 6.42 Å². The molecule has 1 N–H and O–H groups in total. The summed E-state index contributed by atoms with van der Waals surface area (Å²) in [5, 5.41) is 0. The first kappa shape index (κ1) is 12.8. The Balaban J connectivity index is 3.52. The zero-order valence-corrected chi connectivity index (χ0v) is 8.87. The van der Waals surface area contributed by atoms with Crippen LogP contribution in [0, 0.1) is 0 Å². The van der Waals surface area contributed by atoms with Crippen LogP contribution in [0.25, 0.3) is 0 Å². The number of sulfonamides is 1. The van der Waals surface area contributed by atoms with Gasteiger partial charge in [0.15, 0.2) is 0 Å². The standard InChI is InChI=1S/C8H18FNO2S/c1-2-3-4-5-8-13(11,12)10-7-6-9/h10H,2-8H2,1H3. The summed E-state index contributed by atoms with van der Waals surface area (Å²) < 4.78 is 36.0. The van der Waals surface area contributed by atoms with E-state index in [0.717, 1.165) is 19.3 Å². The first-order valence-electron chi connectivity index (χ1n) is 4.65. The van der Waals surface area contributed by atoms with E-state index in [1.165, 1.54) is 0 Å².